The molecule has 0 N–H and O–H groups in total. The molecular weight excluding hydrogens is 825 g/mol. The highest BCUT2D eigenvalue weighted by atomic mass is 127. The third kappa shape index (κ3) is 6.64. The average molecular weight is 868 g/mol. The predicted octanol–water partition coefficient (Wildman–Crippen LogP) is 4.71. The summed E-state index contributed by atoms with van der Waals surface area (Å²) in [6.07, 6.45) is 3.90. The minimum absolute atomic E-state index is 0.0219. The lowest BCUT2D eigenvalue weighted by atomic mass is 9.89. The van der Waals surface area contributed by atoms with Crippen molar-refractivity contribution >= 4 is 64.0 Å². The number of hydrogen-bond donors (Lipinski definition) is 0. The number of piperidine rings is 1. The predicted molar refractivity (Wildman–Crippen MR) is 213 cm³/mol. The van der Waals surface area contributed by atoms with Crippen molar-refractivity contribution in [3.63, 3.8) is 0 Å². The highest BCUT2D eigenvalue weighted by molar-refractivity contribution is 14.1. The van der Waals surface area contributed by atoms with Crippen LogP contribution in [-0.2, 0) is 40.6 Å². The van der Waals surface area contributed by atoms with E-state index >= 15 is 0 Å². The Kier molecular flexibility index (Phi) is 9.94. The van der Waals surface area contributed by atoms with E-state index in [-0.39, 0.29) is 54.3 Å². The number of carbonyl (C=O) groups is 6. The van der Waals surface area contributed by atoms with Gasteiger partial charge in [-0.15, -0.1) is 0 Å². The van der Waals surface area contributed by atoms with Gasteiger partial charge in [-0.05, 0) is 109 Å². The van der Waals surface area contributed by atoms with E-state index in [1.54, 1.807) is 39.9 Å². The minimum Gasteiger partial charge on any atom is -0.372 e. The Labute approximate surface area is 339 Å². The molecule has 14 heteroatoms. The molecule has 6 amide bonds. The summed E-state index contributed by atoms with van der Waals surface area (Å²) in [5, 5.41) is 9.29. The minimum atomic E-state index is -1.01. The third-order valence-electron chi connectivity index (χ3n) is 12.4. The molecule has 1 aliphatic carbocycles. The molecule has 4 heterocycles. The van der Waals surface area contributed by atoms with Gasteiger partial charge in [0.25, 0.3) is 23.6 Å². The molecule has 13 nitrogen and oxygen atoms in total. The first-order valence-corrected chi connectivity index (χ1v) is 20.0. The molecule has 4 aliphatic heterocycles. The summed E-state index contributed by atoms with van der Waals surface area (Å²) < 4.78 is 0.954. The van der Waals surface area contributed by atoms with Crippen LogP contribution in [0.4, 0.5) is 5.69 Å². The van der Waals surface area contributed by atoms with Crippen LogP contribution in [0.3, 0.4) is 0 Å². The molecule has 3 aromatic rings. The Hall–Kier alpha value is -5.14. The highest BCUT2D eigenvalue weighted by Crippen LogP contribution is 2.35. The van der Waals surface area contributed by atoms with Gasteiger partial charge in [0.1, 0.15) is 6.04 Å². The zero-order valence-electron chi connectivity index (χ0n) is 31.6. The number of aryl methyl sites for hydroxylation is 1. The lowest BCUT2D eigenvalue weighted by Crippen LogP contribution is -2.53. The van der Waals surface area contributed by atoms with Crippen molar-refractivity contribution in [2.24, 2.45) is 0 Å². The molecule has 56 heavy (non-hydrogen) atoms. The Balaban J connectivity index is 0.846. The van der Waals surface area contributed by atoms with Crippen molar-refractivity contribution < 1.29 is 28.8 Å². The number of carbonyl (C=O) groups excluding carboxylic acids is 6. The molecule has 3 aromatic carbocycles. The first-order valence-electron chi connectivity index (χ1n) is 19.0. The van der Waals surface area contributed by atoms with Gasteiger partial charge in [0, 0.05) is 70.0 Å². The molecule has 1 unspecified atom stereocenters. The largest absolute Gasteiger partial charge is 0.372 e. The number of rotatable bonds is 7. The van der Waals surface area contributed by atoms with Crippen molar-refractivity contribution in [2.45, 2.75) is 89.8 Å². The van der Waals surface area contributed by atoms with Crippen molar-refractivity contribution in [1.82, 2.24) is 22.7 Å². The molecule has 1 atom stereocenters. The zero-order valence-corrected chi connectivity index (χ0v) is 33.7. The van der Waals surface area contributed by atoms with E-state index in [1.807, 2.05) is 54.1 Å². The molecule has 0 radical (unpaired) electrons. The number of benzene rings is 3. The molecule has 5 aliphatic rings. The van der Waals surface area contributed by atoms with E-state index in [1.165, 1.54) is 0 Å². The molecule has 1 saturated heterocycles. The fraction of sp³-hybridized carbons (Fsp3) is 0.405. The maximum atomic E-state index is 13.7. The first kappa shape index (κ1) is 37.8. The van der Waals surface area contributed by atoms with E-state index in [4.69, 9.17) is 0 Å². The van der Waals surface area contributed by atoms with Crippen molar-refractivity contribution in [2.75, 3.05) is 25.5 Å². The summed E-state index contributed by atoms with van der Waals surface area (Å²) in [5.74, 6) is -2.05. The van der Waals surface area contributed by atoms with Crippen LogP contribution >= 0.6 is 22.9 Å². The lowest BCUT2D eigenvalue weighted by Gasteiger charge is -2.39. The number of nitrogens with zero attached hydrogens (tertiary/aromatic N) is 7. The smallest absolute Gasteiger partial charge is 0.262 e. The van der Waals surface area contributed by atoms with Crippen molar-refractivity contribution in [3.05, 3.63) is 98.6 Å². The van der Waals surface area contributed by atoms with E-state index < -0.39 is 23.8 Å². The first-order chi connectivity index (χ1) is 26.8. The number of anilines is 1. The second kappa shape index (κ2) is 14.7. The summed E-state index contributed by atoms with van der Waals surface area (Å²) in [6, 6.07) is 16.8. The van der Waals surface area contributed by atoms with Crippen LogP contribution in [-0.4, -0.2) is 96.9 Å². The molecule has 0 bridgehead atoms. The second-order valence-corrected chi connectivity index (χ2v) is 16.7. The quantitative estimate of drug-likeness (QED) is 0.187. The average Bonchev–Trinajstić information content (AvgIpc) is 3.88. The van der Waals surface area contributed by atoms with Gasteiger partial charge in [-0.1, -0.05) is 6.07 Å². The van der Waals surface area contributed by atoms with Gasteiger partial charge in [0.15, 0.2) is 0 Å². The number of fused-ring (bicyclic) bond motifs is 3. The Bertz CT molecular complexity index is 2220. The zero-order chi connectivity index (χ0) is 39.6. The van der Waals surface area contributed by atoms with Crippen molar-refractivity contribution in [1.29, 1.82) is 5.26 Å². The van der Waals surface area contributed by atoms with Crippen LogP contribution in [0.2, 0.25) is 0 Å². The summed E-state index contributed by atoms with van der Waals surface area (Å²) in [5.41, 5.74) is 7.57. The summed E-state index contributed by atoms with van der Waals surface area (Å²) in [4.78, 5) is 87.8. The van der Waals surface area contributed by atoms with Gasteiger partial charge in [-0.3, -0.25) is 38.6 Å². The fourth-order valence-corrected chi connectivity index (χ4v) is 9.56. The van der Waals surface area contributed by atoms with Crippen LogP contribution in [0.25, 0.3) is 0 Å². The topological polar surface area (TPSA) is 146 Å². The van der Waals surface area contributed by atoms with Crippen LogP contribution in [0.5, 0.6) is 0 Å². The van der Waals surface area contributed by atoms with Gasteiger partial charge >= 0.3 is 0 Å². The van der Waals surface area contributed by atoms with E-state index in [0.717, 1.165) is 67.2 Å². The van der Waals surface area contributed by atoms with E-state index in [9.17, 15) is 34.0 Å². The van der Waals surface area contributed by atoms with Crippen molar-refractivity contribution in [3.8, 4) is 6.07 Å². The molecule has 288 valence electrons. The number of hydrogen-bond acceptors (Lipinski definition) is 9. The SMILES string of the molecule is Cc1cc(N(C)[C@H]2CC[C@H](N(C)C(=O)c3ccc4c(c3)CN(C(=O)CN3Cc5cc6c(cc5C3)C(=O)N(C3CCC(=O)N(I)C3=O)C6=O)C4)CC2)ccc1C#N. The van der Waals surface area contributed by atoms with Gasteiger partial charge in [-0.2, -0.15) is 5.26 Å². The molecule has 0 aromatic heterocycles. The molecular formula is C42H42IN7O6. The van der Waals surface area contributed by atoms with Crippen LogP contribution in [0.15, 0.2) is 48.5 Å². The number of nitriles is 1. The fourth-order valence-electron chi connectivity index (χ4n) is 9.00. The highest BCUT2D eigenvalue weighted by Gasteiger charge is 2.47. The third-order valence-corrected chi connectivity index (χ3v) is 13.4. The summed E-state index contributed by atoms with van der Waals surface area (Å²) in [6.45, 7) is 3.87. The van der Waals surface area contributed by atoms with E-state index in [2.05, 4.69) is 24.1 Å². The second-order valence-electron chi connectivity index (χ2n) is 15.7. The Morgan fingerprint density at radius 2 is 1.43 bits per heavy atom. The number of amides is 6. The maximum absolute atomic E-state index is 13.7. The van der Waals surface area contributed by atoms with E-state index in [0.29, 0.717) is 43.3 Å². The van der Waals surface area contributed by atoms with Gasteiger partial charge < -0.3 is 14.7 Å². The van der Waals surface area contributed by atoms with Crippen LogP contribution in [0, 0.1) is 18.3 Å². The summed E-state index contributed by atoms with van der Waals surface area (Å²) in [7, 11) is 3.98. The molecule has 2 fully saturated rings. The monoisotopic (exact) mass is 867 g/mol. The number of halogens is 1. The molecule has 0 spiro atoms. The van der Waals surface area contributed by atoms with Crippen LogP contribution in [0.1, 0.15) is 103 Å². The maximum Gasteiger partial charge on any atom is 0.262 e. The lowest BCUT2D eigenvalue weighted by molar-refractivity contribution is -0.143. The standard InChI is InChI=1S/C42H42IN7O6/c1-24-14-33(7-6-26(24)18-44)45(2)31-8-10-32(11-9-31)46(3)39(53)25-4-5-27-21-48(22-28(27)15-25)38(52)23-47-19-29-16-34-35(17-30(29)20-47)41(55)49(40(34)54)36-12-13-37(51)50(43)42(36)56/h4-7,14-17,31-32,36H,8-13,19-23H2,1-3H3/t31-,32-,36?. The Morgan fingerprint density at radius 1 is 0.804 bits per heavy atom. The Morgan fingerprint density at radius 3 is 2.07 bits per heavy atom. The summed E-state index contributed by atoms with van der Waals surface area (Å²) >= 11 is 1.62. The van der Waals surface area contributed by atoms with Gasteiger partial charge in [0.2, 0.25) is 11.8 Å². The normalized spacial score (nSPS) is 21.9. The molecule has 1 saturated carbocycles. The molecule has 8 rings (SSSR count). The van der Waals surface area contributed by atoms with Gasteiger partial charge in [-0.25, -0.2) is 3.11 Å². The number of imide groups is 2. The van der Waals surface area contributed by atoms with Crippen LogP contribution < -0.4 is 4.90 Å². The van der Waals surface area contributed by atoms with Gasteiger partial charge in [0.05, 0.1) is 52.2 Å².